The van der Waals surface area contributed by atoms with Gasteiger partial charge in [0.05, 0.1) is 11.9 Å². The van der Waals surface area contributed by atoms with Crippen molar-refractivity contribution in [1.29, 1.82) is 0 Å². The van der Waals surface area contributed by atoms with Crippen LogP contribution in [0, 0.1) is 0 Å². The first-order valence-corrected chi connectivity index (χ1v) is 9.02. The zero-order valence-corrected chi connectivity index (χ0v) is 15.2. The fraction of sp³-hybridized carbons (Fsp3) is 0.263. The minimum atomic E-state index is -0.237. The third-order valence-corrected chi connectivity index (χ3v) is 4.63. The molecule has 1 aliphatic rings. The highest BCUT2D eigenvalue weighted by atomic mass is 35.5. The predicted molar refractivity (Wildman–Crippen MR) is 104 cm³/mol. The number of anilines is 2. The molecule has 3 rings (SSSR count). The fourth-order valence-electron chi connectivity index (χ4n) is 2.76. The highest BCUT2D eigenvalue weighted by molar-refractivity contribution is 6.35. The lowest BCUT2D eigenvalue weighted by Gasteiger charge is -2.27. The Morgan fingerprint density at radius 3 is 2.60 bits per heavy atom. The highest BCUT2D eigenvalue weighted by Crippen LogP contribution is 2.22. The number of piperidine rings is 1. The molecule has 25 heavy (non-hydrogen) atoms. The van der Waals surface area contributed by atoms with E-state index in [1.54, 1.807) is 30.5 Å². The van der Waals surface area contributed by atoms with E-state index in [2.05, 4.69) is 15.2 Å². The quantitative estimate of drug-likeness (QED) is 0.762. The first kappa shape index (κ1) is 17.8. The van der Waals surface area contributed by atoms with Crippen LogP contribution in [0.15, 0.2) is 42.6 Å². The van der Waals surface area contributed by atoms with Crippen LogP contribution in [-0.4, -0.2) is 24.0 Å². The van der Waals surface area contributed by atoms with E-state index in [4.69, 9.17) is 23.2 Å². The predicted octanol–water partition coefficient (Wildman–Crippen LogP) is 5.03. The number of carbonyl (C=O) groups excluding carboxylic acids is 1. The average Bonchev–Trinajstić information content (AvgIpc) is 2.62. The molecule has 0 unspecified atom stereocenters. The summed E-state index contributed by atoms with van der Waals surface area (Å²) in [5, 5.41) is 3.86. The Labute approximate surface area is 157 Å². The van der Waals surface area contributed by atoms with Crippen LogP contribution in [0.2, 0.25) is 10.0 Å². The lowest BCUT2D eigenvalue weighted by Crippen LogP contribution is -2.30. The van der Waals surface area contributed by atoms with Gasteiger partial charge in [-0.3, -0.25) is 4.79 Å². The topological polar surface area (TPSA) is 45.2 Å². The Morgan fingerprint density at radius 2 is 1.92 bits per heavy atom. The molecule has 1 N–H and O–H groups in total. The number of aromatic nitrogens is 1. The van der Waals surface area contributed by atoms with E-state index in [1.807, 2.05) is 12.1 Å². The average molecular weight is 376 g/mol. The fourth-order valence-corrected chi connectivity index (χ4v) is 3.23. The molecule has 2 heterocycles. The molecular formula is C19H19Cl2N3O. The first-order chi connectivity index (χ1) is 12.1. The number of amides is 1. The number of hydrogen-bond donors (Lipinski definition) is 1. The van der Waals surface area contributed by atoms with Crippen LogP contribution >= 0.6 is 23.2 Å². The van der Waals surface area contributed by atoms with Gasteiger partial charge in [-0.15, -0.1) is 0 Å². The van der Waals surface area contributed by atoms with Gasteiger partial charge in [-0.25, -0.2) is 4.98 Å². The molecule has 1 saturated heterocycles. The molecule has 1 aromatic carbocycles. The molecule has 0 radical (unpaired) electrons. The summed E-state index contributed by atoms with van der Waals surface area (Å²) in [4.78, 5) is 18.8. The van der Waals surface area contributed by atoms with Crippen molar-refractivity contribution >= 4 is 46.7 Å². The van der Waals surface area contributed by atoms with Crippen molar-refractivity contribution < 1.29 is 4.79 Å². The van der Waals surface area contributed by atoms with Crippen LogP contribution in [0.1, 0.15) is 24.8 Å². The molecule has 6 heteroatoms. The van der Waals surface area contributed by atoms with Gasteiger partial charge < -0.3 is 10.2 Å². The molecule has 4 nitrogen and oxygen atoms in total. The van der Waals surface area contributed by atoms with Crippen LogP contribution in [0.4, 0.5) is 11.5 Å². The molecule has 0 aliphatic carbocycles. The SMILES string of the molecule is O=C(/C=C/c1ccc(Cl)cc1Cl)Nc1ccc(N2CCCCC2)nc1. The van der Waals surface area contributed by atoms with Gasteiger partial charge in [0.25, 0.3) is 0 Å². The van der Waals surface area contributed by atoms with Gasteiger partial charge in [0.2, 0.25) is 5.91 Å². The normalized spacial score (nSPS) is 14.7. The molecule has 0 saturated carbocycles. The van der Waals surface area contributed by atoms with Crippen LogP contribution in [-0.2, 0) is 4.79 Å². The first-order valence-electron chi connectivity index (χ1n) is 8.27. The standard InChI is InChI=1S/C19H19Cl2N3O/c20-15-6-4-14(17(21)12-15)5-9-19(25)23-16-7-8-18(22-13-16)24-10-2-1-3-11-24/h4-9,12-13H,1-3,10-11H2,(H,23,25)/b9-5+. The zero-order chi connectivity index (χ0) is 17.6. The van der Waals surface area contributed by atoms with Crippen molar-refractivity contribution in [3.8, 4) is 0 Å². The van der Waals surface area contributed by atoms with Gasteiger partial charge in [0.15, 0.2) is 0 Å². The Bertz CT molecular complexity index is 769. The molecule has 1 fully saturated rings. The Morgan fingerprint density at radius 1 is 1.12 bits per heavy atom. The van der Waals surface area contributed by atoms with Crippen LogP contribution in [0.3, 0.4) is 0 Å². The number of hydrogen-bond acceptors (Lipinski definition) is 3. The summed E-state index contributed by atoms with van der Waals surface area (Å²) < 4.78 is 0. The van der Waals surface area contributed by atoms with Crippen molar-refractivity contribution in [2.45, 2.75) is 19.3 Å². The summed E-state index contributed by atoms with van der Waals surface area (Å²) in [7, 11) is 0. The second-order valence-electron chi connectivity index (χ2n) is 5.94. The molecule has 2 aromatic rings. The van der Waals surface area contributed by atoms with Gasteiger partial charge in [-0.1, -0.05) is 29.3 Å². The number of nitrogens with zero attached hydrogens (tertiary/aromatic N) is 2. The van der Waals surface area contributed by atoms with Crippen molar-refractivity contribution in [3.05, 3.63) is 58.2 Å². The van der Waals surface area contributed by atoms with Crippen molar-refractivity contribution in [1.82, 2.24) is 4.98 Å². The summed E-state index contributed by atoms with van der Waals surface area (Å²) in [6, 6.07) is 8.96. The molecule has 0 spiro atoms. The third kappa shape index (κ3) is 4.97. The summed E-state index contributed by atoms with van der Waals surface area (Å²) in [5.41, 5.74) is 1.40. The van der Waals surface area contributed by atoms with Gasteiger partial charge in [-0.05, 0) is 55.2 Å². The highest BCUT2D eigenvalue weighted by Gasteiger charge is 2.11. The van der Waals surface area contributed by atoms with Crippen molar-refractivity contribution in [3.63, 3.8) is 0 Å². The number of rotatable bonds is 4. The van der Waals surface area contributed by atoms with Gasteiger partial charge in [0.1, 0.15) is 5.82 Å². The molecule has 0 bridgehead atoms. The molecule has 1 aromatic heterocycles. The van der Waals surface area contributed by atoms with E-state index in [-0.39, 0.29) is 5.91 Å². The largest absolute Gasteiger partial charge is 0.357 e. The summed E-state index contributed by atoms with van der Waals surface area (Å²) in [6.45, 7) is 2.09. The van der Waals surface area contributed by atoms with E-state index in [0.29, 0.717) is 15.7 Å². The Balaban J connectivity index is 1.59. The van der Waals surface area contributed by atoms with Crippen molar-refractivity contribution in [2.75, 3.05) is 23.3 Å². The van der Waals surface area contributed by atoms with Gasteiger partial charge in [-0.2, -0.15) is 0 Å². The number of pyridine rings is 1. The van der Waals surface area contributed by atoms with E-state index in [9.17, 15) is 4.79 Å². The number of benzene rings is 1. The van der Waals surface area contributed by atoms with Crippen LogP contribution in [0.5, 0.6) is 0 Å². The lowest BCUT2D eigenvalue weighted by atomic mass is 10.1. The maximum Gasteiger partial charge on any atom is 0.248 e. The van der Waals surface area contributed by atoms with Crippen LogP contribution < -0.4 is 10.2 Å². The second-order valence-corrected chi connectivity index (χ2v) is 6.78. The number of carbonyl (C=O) groups is 1. The smallest absolute Gasteiger partial charge is 0.248 e. The summed E-state index contributed by atoms with van der Waals surface area (Å²) in [6.07, 6.45) is 8.48. The molecular weight excluding hydrogens is 357 g/mol. The molecule has 1 amide bonds. The van der Waals surface area contributed by atoms with E-state index >= 15 is 0 Å². The maximum atomic E-state index is 12.0. The lowest BCUT2D eigenvalue weighted by molar-refractivity contribution is -0.111. The molecule has 1 aliphatic heterocycles. The van der Waals surface area contributed by atoms with E-state index in [1.165, 1.54) is 25.3 Å². The third-order valence-electron chi connectivity index (χ3n) is 4.07. The monoisotopic (exact) mass is 375 g/mol. The van der Waals surface area contributed by atoms with Gasteiger partial charge >= 0.3 is 0 Å². The maximum absolute atomic E-state index is 12.0. The van der Waals surface area contributed by atoms with E-state index < -0.39 is 0 Å². The molecule has 0 atom stereocenters. The Kier molecular flexibility index (Phi) is 5.95. The van der Waals surface area contributed by atoms with E-state index in [0.717, 1.165) is 24.5 Å². The molecule has 130 valence electrons. The summed E-state index contributed by atoms with van der Waals surface area (Å²) >= 11 is 11.9. The Hall–Kier alpha value is -2.04. The number of nitrogens with one attached hydrogen (secondary N) is 1. The van der Waals surface area contributed by atoms with Crippen LogP contribution in [0.25, 0.3) is 6.08 Å². The zero-order valence-electron chi connectivity index (χ0n) is 13.7. The van der Waals surface area contributed by atoms with Crippen molar-refractivity contribution in [2.24, 2.45) is 0 Å². The number of halogens is 2. The van der Waals surface area contributed by atoms with Gasteiger partial charge in [0, 0.05) is 29.2 Å². The second kappa shape index (κ2) is 8.37. The minimum Gasteiger partial charge on any atom is -0.357 e. The minimum absolute atomic E-state index is 0.237. The summed E-state index contributed by atoms with van der Waals surface area (Å²) in [5.74, 6) is 0.722.